The van der Waals surface area contributed by atoms with E-state index in [0.717, 1.165) is 61.0 Å². The minimum atomic E-state index is 1.03. The van der Waals surface area contributed by atoms with E-state index in [2.05, 4.69) is 116 Å². The summed E-state index contributed by atoms with van der Waals surface area (Å²) in [4.78, 5) is 4.34. The monoisotopic (exact) mass is 511 g/mol. The number of hydrogen-bond acceptors (Lipinski definition) is 1. The molecule has 5 aromatic carbocycles. The maximum atomic E-state index is 4.34. The van der Waals surface area contributed by atoms with Gasteiger partial charge in [-0.2, -0.15) is 0 Å². The van der Waals surface area contributed by atoms with Gasteiger partial charge in [-0.15, -0.1) is 0 Å². The van der Waals surface area contributed by atoms with E-state index in [0.29, 0.717) is 0 Å². The van der Waals surface area contributed by atoms with Crippen LogP contribution >= 0.6 is 0 Å². The first-order valence-electron chi connectivity index (χ1n) is 13.4. The topological polar surface area (TPSA) is 12.9 Å². The second kappa shape index (κ2) is 10.5. The maximum absolute atomic E-state index is 4.34. The largest absolute Gasteiger partial charge is 0.264 e. The second-order valence-corrected chi connectivity index (χ2v) is 9.73. The highest BCUT2D eigenvalue weighted by Crippen LogP contribution is 2.46. The molecular weight excluding hydrogens is 482 g/mol. The first kappa shape index (κ1) is 25.0. The number of fused-ring (bicyclic) bond motifs is 2. The fourth-order valence-corrected chi connectivity index (χ4v) is 5.92. The molecule has 0 radical (unpaired) electrons. The fraction of sp³-hybridized carbons (Fsp3) is 0. The minimum Gasteiger partial charge on any atom is -0.264 e. The van der Waals surface area contributed by atoms with Gasteiger partial charge < -0.3 is 0 Å². The first-order valence-corrected chi connectivity index (χ1v) is 13.4. The molecule has 0 fully saturated rings. The smallest absolute Gasteiger partial charge is 0.0346 e. The van der Waals surface area contributed by atoms with Crippen LogP contribution in [-0.4, -0.2) is 4.98 Å². The van der Waals surface area contributed by atoms with Gasteiger partial charge in [0.2, 0.25) is 0 Å². The predicted octanol–water partition coefficient (Wildman–Crippen LogP) is 11.0. The molecule has 0 saturated carbocycles. The van der Waals surface area contributed by atoms with Crippen LogP contribution in [0.3, 0.4) is 0 Å². The Morgan fingerprint density at radius 2 is 1.07 bits per heavy atom. The van der Waals surface area contributed by atoms with Gasteiger partial charge in [0.25, 0.3) is 0 Å². The van der Waals surface area contributed by atoms with Crippen molar-refractivity contribution in [2.45, 2.75) is 0 Å². The molecule has 1 aromatic heterocycles. The van der Waals surface area contributed by atoms with Crippen molar-refractivity contribution in [1.82, 2.24) is 4.98 Å². The molecule has 0 spiro atoms. The molecule has 0 atom stereocenters. The third kappa shape index (κ3) is 4.00. The highest BCUT2D eigenvalue weighted by Gasteiger charge is 2.21. The van der Waals surface area contributed by atoms with E-state index in [1.54, 1.807) is 6.20 Å². The molecule has 0 amide bonds. The van der Waals surface area contributed by atoms with Gasteiger partial charge in [0, 0.05) is 18.0 Å². The maximum Gasteiger partial charge on any atom is 0.0346 e. The third-order valence-electron chi connectivity index (χ3n) is 7.68. The quantitative estimate of drug-likeness (QED) is 0.208. The van der Waals surface area contributed by atoms with Gasteiger partial charge in [0.1, 0.15) is 0 Å². The summed E-state index contributed by atoms with van der Waals surface area (Å²) < 4.78 is 0. The van der Waals surface area contributed by atoms with Crippen molar-refractivity contribution >= 4 is 45.8 Å². The Hall–Kier alpha value is -5.27. The van der Waals surface area contributed by atoms with Gasteiger partial charge in [-0.05, 0) is 83.7 Å². The summed E-state index contributed by atoms with van der Waals surface area (Å²) in [5, 5.41) is 4.75. The molecule has 0 aliphatic rings. The summed E-state index contributed by atoms with van der Waals surface area (Å²) in [6.45, 7) is 16.9. The lowest BCUT2D eigenvalue weighted by Gasteiger charge is -2.23. The highest BCUT2D eigenvalue weighted by molar-refractivity contribution is 6.13. The second-order valence-electron chi connectivity index (χ2n) is 9.73. The average molecular weight is 512 g/mol. The van der Waals surface area contributed by atoms with Crippen molar-refractivity contribution < 1.29 is 0 Å². The molecule has 0 aliphatic carbocycles. The average Bonchev–Trinajstić information content (AvgIpc) is 3.02. The zero-order valence-electron chi connectivity index (χ0n) is 22.4. The summed E-state index contributed by atoms with van der Waals surface area (Å²) >= 11 is 0. The lowest BCUT2D eigenvalue weighted by atomic mass is 9.80. The Morgan fingerprint density at radius 1 is 0.475 bits per heavy atom. The molecule has 1 heterocycles. The van der Waals surface area contributed by atoms with Gasteiger partial charge in [0.05, 0.1) is 0 Å². The van der Waals surface area contributed by atoms with E-state index in [9.17, 15) is 0 Å². The highest BCUT2D eigenvalue weighted by atomic mass is 14.6. The molecule has 1 heteroatoms. The molecule has 0 saturated heterocycles. The van der Waals surface area contributed by atoms with Gasteiger partial charge >= 0.3 is 0 Å². The van der Waals surface area contributed by atoms with Crippen LogP contribution in [0.4, 0.5) is 0 Å². The van der Waals surface area contributed by atoms with Gasteiger partial charge in [-0.3, -0.25) is 4.98 Å². The van der Waals surface area contributed by atoms with Crippen molar-refractivity contribution in [3.8, 4) is 33.4 Å². The summed E-state index contributed by atoms with van der Waals surface area (Å²) in [5.41, 5.74) is 10.8. The van der Waals surface area contributed by atoms with E-state index in [4.69, 9.17) is 0 Å². The summed E-state index contributed by atoms with van der Waals surface area (Å²) in [5.74, 6) is 0. The summed E-state index contributed by atoms with van der Waals surface area (Å²) in [7, 11) is 0. The van der Waals surface area contributed by atoms with Crippen molar-refractivity contribution in [2.75, 3.05) is 0 Å². The molecule has 0 bridgehead atoms. The van der Waals surface area contributed by atoms with Crippen LogP contribution in [-0.2, 0) is 0 Å². The van der Waals surface area contributed by atoms with Crippen LogP contribution in [0.25, 0.3) is 79.2 Å². The lowest BCUT2D eigenvalue weighted by molar-refractivity contribution is 1.33. The van der Waals surface area contributed by atoms with Crippen molar-refractivity contribution in [3.05, 3.63) is 152 Å². The number of benzene rings is 5. The Balaban J connectivity index is 1.71. The van der Waals surface area contributed by atoms with Gasteiger partial charge in [-0.1, -0.05) is 129 Å². The molecule has 1 nitrogen and oxygen atoms in total. The minimum absolute atomic E-state index is 1.03. The standard InChI is InChI=1S/C39H29N/c1-5-30-31(6-2)37(22-21-34(30)29-16-13-23-40-25-29)39-33(8-4)32(7-3)38(35-17-11-12-18-36(35)39)28-20-19-26-14-9-10-15-27(26)24-28/h5-25H,1-4H2. The fourth-order valence-electron chi connectivity index (χ4n) is 5.92. The van der Waals surface area contributed by atoms with E-state index in [1.165, 1.54) is 16.2 Å². The van der Waals surface area contributed by atoms with Crippen molar-refractivity contribution in [3.63, 3.8) is 0 Å². The Morgan fingerprint density at radius 3 is 1.75 bits per heavy atom. The van der Waals surface area contributed by atoms with Gasteiger partial charge in [-0.25, -0.2) is 0 Å². The zero-order valence-corrected chi connectivity index (χ0v) is 22.4. The Kier molecular flexibility index (Phi) is 6.56. The van der Waals surface area contributed by atoms with Crippen LogP contribution < -0.4 is 0 Å². The van der Waals surface area contributed by atoms with Crippen LogP contribution in [0, 0.1) is 0 Å². The summed E-state index contributed by atoms with van der Waals surface area (Å²) in [6, 6.07) is 32.1. The normalized spacial score (nSPS) is 10.9. The van der Waals surface area contributed by atoms with E-state index < -0.39 is 0 Å². The first-order chi connectivity index (χ1) is 19.7. The van der Waals surface area contributed by atoms with Crippen LogP contribution in [0.1, 0.15) is 22.3 Å². The van der Waals surface area contributed by atoms with Crippen molar-refractivity contribution in [1.29, 1.82) is 0 Å². The van der Waals surface area contributed by atoms with Crippen molar-refractivity contribution in [2.24, 2.45) is 0 Å². The predicted molar refractivity (Wildman–Crippen MR) is 176 cm³/mol. The van der Waals surface area contributed by atoms with Crippen LogP contribution in [0.15, 0.2) is 130 Å². The van der Waals surface area contributed by atoms with Crippen LogP contribution in [0.5, 0.6) is 0 Å². The number of rotatable bonds is 7. The molecule has 6 aromatic rings. The Bertz CT molecular complexity index is 1960. The van der Waals surface area contributed by atoms with E-state index >= 15 is 0 Å². The zero-order chi connectivity index (χ0) is 27.6. The summed E-state index contributed by atoms with van der Waals surface area (Å²) in [6.07, 6.45) is 11.4. The lowest BCUT2D eigenvalue weighted by Crippen LogP contribution is -1.99. The molecule has 0 unspecified atom stereocenters. The molecular formula is C39H29N. The molecule has 0 N–H and O–H groups in total. The van der Waals surface area contributed by atoms with Gasteiger partial charge in [0.15, 0.2) is 0 Å². The van der Waals surface area contributed by atoms with E-state index in [1.807, 2.05) is 36.6 Å². The molecule has 6 rings (SSSR count). The Labute approximate surface area is 235 Å². The number of nitrogens with zero attached hydrogens (tertiary/aromatic N) is 1. The number of aromatic nitrogens is 1. The molecule has 190 valence electrons. The van der Waals surface area contributed by atoms with Crippen LogP contribution in [0.2, 0.25) is 0 Å². The molecule has 0 aliphatic heterocycles. The van der Waals surface area contributed by atoms with E-state index in [-0.39, 0.29) is 0 Å². The number of pyridine rings is 1. The molecule has 40 heavy (non-hydrogen) atoms. The number of hydrogen-bond donors (Lipinski definition) is 0. The third-order valence-corrected chi connectivity index (χ3v) is 7.68. The SMILES string of the molecule is C=Cc1c(-c2cccnc2)ccc(-c2c(C=C)c(C=C)c(-c3ccc4ccccc4c3)c3ccccc23)c1C=C.